The molecule has 24 heavy (non-hydrogen) atoms. The van der Waals surface area contributed by atoms with Gasteiger partial charge in [0.1, 0.15) is 23.5 Å². The minimum Gasteiger partial charge on any atom is -0.497 e. The molecule has 1 amide bonds. The lowest BCUT2D eigenvalue weighted by molar-refractivity contribution is -0.119. The average molecular weight is 435 g/mol. The maximum Gasteiger partial charge on any atom is 0.236 e. The van der Waals surface area contributed by atoms with E-state index in [-0.39, 0.29) is 11.0 Å². The number of amides is 1. The predicted octanol–water partition coefficient (Wildman–Crippen LogP) is 3.04. The highest BCUT2D eigenvalue weighted by Gasteiger charge is 2.34. The number of benzene rings is 1. The number of rotatable bonds is 6. The molecular weight excluding hydrogens is 420 g/mol. The van der Waals surface area contributed by atoms with Gasteiger partial charge in [-0.25, -0.2) is 0 Å². The van der Waals surface area contributed by atoms with Gasteiger partial charge in [-0.3, -0.25) is 4.79 Å². The highest BCUT2D eigenvalue weighted by molar-refractivity contribution is 7.80. The topological polar surface area (TPSA) is 71.6 Å². The number of halogens is 4. The van der Waals surface area contributed by atoms with Crippen LogP contribution in [0.4, 0.5) is 5.69 Å². The number of carbonyl (C=O) groups excluding carboxylic acids is 1. The second kappa shape index (κ2) is 9.58. The van der Waals surface area contributed by atoms with Gasteiger partial charge in [0.05, 0.1) is 19.9 Å². The van der Waals surface area contributed by atoms with Crippen molar-refractivity contribution in [1.29, 1.82) is 0 Å². The zero-order valence-corrected chi connectivity index (χ0v) is 16.5. The van der Waals surface area contributed by atoms with Crippen LogP contribution in [0.2, 0.25) is 0 Å². The third kappa shape index (κ3) is 6.57. The Morgan fingerprint density at radius 1 is 1.25 bits per heavy atom. The van der Waals surface area contributed by atoms with Crippen LogP contribution >= 0.6 is 58.6 Å². The van der Waals surface area contributed by atoms with Gasteiger partial charge in [-0.1, -0.05) is 34.8 Å². The third-order valence-corrected chi connectivity index (χ3v) is 3.80. The standard InChI is InChI=1S/C13H15Cl4N3O3S/c1-22-7-3-4-9(23-2)8(5-7)18-12(24)20-11(13(15,16)17)19-10(21)6-14/h3-5,11H,6H2,1-2H3,(H,19,21)(H2,18,20,24)/t11-/m0/s1. The van der Waals surface area contributed by atoms with Crippen molar-refractivity contribution in [3.05, 3.63) is 18.2 Å². The molecule has 1 rings (SSSR count). The van der Waals surface area contributed by atoms with Crippen molar-refractivity contribution in [2.24, 2.45) is 0 Å². The van der Waals surface area contributed by atoms with Crippen LogP contribution in [-0.2, 0) is 4.79 Å². The number of hydrogen-bond donors (Lipinski definition) is 3. The average Bonchev–Trinajstić information content (AvgIpc) is 2.52. The van der Waals surface area contributed by atoms with Crippen LogP contribution in [0.25, 0.3) is 0 Å². The van der Waals surface area contributed by atoms with E-state index in [2.05, 4.69) is 16.0 Å². The Balaban J connectivity index is 2.87. The van der Waals surface area contributed by atoms with E-state index >= 15 is 0 Å². The number of nitrogens with one attached hydrogen (secondary N) is 3. The van der Waals surface area contributed by atoms with Crippen LogP contribution in [-0.4, -0.2) is 41.1 Å². The zero-order valence-electron chi connectivity index (χ0n) is 12.7. The first-order valence-electron chi connectivity index (χ1n) is 6.42. The number of thiocarbonyl (C=S) groups is 1. The van der Waals surface area contributed by atoms with E-state index < -0.39 is 15.9 Å². The minimum atomic E-state index is -1.86. The number of alkyl halides is 4. The molecule has 0 unspecified atom stereocenters. The van der Waals surface area contributed by atoms with Crippen LogP contribution in [0, 0.1) is 0 Å². The van der Waals surface area contributed by atoms with Crippen molar-refractivity contribution < 1.29 is 14.3 Å². The third-order valence-electron chi connectivity index (χ3n) is 2.68. The molecule has 0 bridgehead atoms. The van der Waals surface area contributed by atoms with E-state index in [0.29, 0.717) is 17.2 Å². The van der Waals surface area contributed by atoms with Crippen molar-refractivity contribution in [2.45, 2.75) is 9.96 Å². The van der Waals surface area contributed by atoms with Gasteiger partial charge in [-0.05, 0) is 24.4 Å². The van der Waals surface area contributed by atoms with Gasteiger partial charge in [-0.2, -0.15) is 0 Å². The smallest absolute Gasteiger partial charge is 0.236 e. The SMILES string of the molecule is COc1ccc(OC)c(NC(=S)N[C@H](NC(=O)CCl)C(Cl)(Cl)Cl)c1. The maximum atomic E-state index is 11.4. The summed E-state index contributed by atoms with van der Waals surface area (Å²) in [5, 5.41) is 8.09. The number of carbonyl (C=O) groups is 1. The highest BCUT2D eigenvalue weighted by Crippen LogP contribution is 2.30. The van der Waals surface area contributed by atoms with Gasteiger partial charge in [0.15, 0.2) is 5.11 Å². The largest absolute Gasteiger partial charge is 0.497 e. The summed E-state index contributed by atoms with van der Waals surface area (Å²) < 4.78 is 8.52. The Labute approximate surface area is 165 Å². The van der Waals surface area contributed by atoms with Gasteiger partial charge in [0.2, 0.25) is 9.70 Å². The molecule has 1 aromatic rings. The molecule has 1 atom stereocenters. The molecule has 0 saturated carbocycles. The van der Waals surface area contributed by atoms with Crippen LogP contribution in [0.1, 0.15) is 0 Å². The lowest BCUT2D eigenvalue weighted by Gasteiger charge is -2.27. The monoisotopic (exact) mass is 433 g/mol. The molecule has 3 N–H and O–H groups in total. The summed E-state index contributed by atoms with van der Waals surface area (Å²) in [6.45, 7) is 0. The van der Waals surface area contributed by atoms with E-state index in [1.165, 1.54) is 14.2 Å². The normalized spacial score (nSPS) is 12.1. The van der Waals surface area contributed by atoms with Crippen molar-refractivity contribution >= 4 is 75.3 Å². The molecule has 0 aliphatic carbocycles. The fourth-order valence-electron chi connectivity index (χ4n) is 1.60. The van der Waals surface area contributed by atoms with E-state index in [0.717, 1.165) is 0 Å². The van der Waals surface area contributed by atoms with E-state index in [9.17, 15) is 4.79 Å². The molecule has 0 aromatic heterocycles. The molecule has 0 heterocycles. The van der Waals surface area contributed by atoms with Crippen molar-refractivity contribution in [1.82, 2.24) is 10.6 Å². The number of hydrogen-bond acceptors (Lipinski definition) is 4. The highest BCUT2D eigenvalue weighted by atomic mass is 35.6. The fraction of sp³-hybridized carbons (Fsp3) is 0.385. The fourth-order valence-corrected chi connectivity index (χ4v) is 2.23. The molecular formula is C13H15Cl4N3O3S. The van der Waals surface area contributed by atoms with Crippen molar-refractivity contribution in [2.75, 3.05) is 25.4 Å². The van der Waals surface area contributed by atoms with Crippen molar-refractivity contribution in [3.8, 4) is 11.5 Å². The molecule has 0 saturated heterocycles. The maximum absolute atomic E-state index is 11.4. The number of ether oxygens (including phenoxy) is 2. The van der Waals surface area contributed by atoms with Gasteiger partial charge in [-0.15, -0.1) is 11.6 Å². The lowest BCUT2D eigenvalue weighted by Crippen LogP contribution is -2.56. The molecule has 0 fully saturated rings. The molecule has 0 aliphatic heterocycles. The molecule has 0 aliphatic rings. The van der Waals surface area contributed by atoms with E-state index in [4.69, 9.17) is 68.1 Å². The summed E-state index contributed by atoms with van der Waals surface area (Å²) in [7, 11) is 3.04. The van der Waals surface area contributed by atoms with E-state index in [1.54, 1.807) is 18.2 Å². The molecule has 134 valence electrons. The summed E-state index contributed by atoms with van der Waals surface area (Å²) in [5.74, 6) is 0.301. The Morgan fingerprint density at radius 3 is 2.42 bits per heavy atom. The van der Waals surface area contributed by atoms with Crippen LogP contribution < -0.4 is 25.4 Å². The molecule has 6 nitrogen and oxygen atoms in total. The van der Waals surface area contributed by atoms with Gasteiger partial charge in [0.25, 0.3) is 0 Å². The van der Waals surface area contributed by atoms with Gasteiger partial charge < -0.3 is 25.4 Å². The first kappa shape index (κ1) is 21.2. The number of anilines is 1. The van der Waals surface area contributed by atoms with E-state index in [1.807, 2.05) is 0 Å². The second-order valence-electron chi connectivity index (χ2n) is 4.34. The van der Waals surface area contributed by atoms with Crippen molar-refractivity contribution in [3.63, 3.8) is 0 Å². The molecule has 1 aromatic carbocycles. The lowest BCUT2D eigenvalue weighted by atomic mass is 10.2. The predicted molar refractivity (Wildman–Crippen MR) is 102 cm³/mol. The van der Waals surface area contributed by atoms with Crippen LogP contribution in [0.15, 0.2) is 18.2 Å². The summed E-state index contributed by atoms with van der Waals surface area (Å²) in [6.07, 6.45) is -1.09. The summed E-state index contributed by atoms with van der Waals surface area (Å²) in [4.78, 5) is 11.4. The van der Waals surface area contributed by atoms with Gasteiger partial charge in [0, 0.05) is 6.07 Å². The Kier molecular flexibility index (Phi) is 8.45. The molecule has 11 heteroatoms. The minimum absolute atomic E-state index is 0.0905. The second-order valence-corrected chi connectivity index (χ2v) is 7.38. The summed E-state index contributed by atoms with van der Waals surface area (Å²) in [6, 6.07) is 5.10. The Hall–Kier alpha value is -0.860. The Bertz CT molecular complexity index is 598. The summed E-state index contributed by atoms with van der Waals surface area (Å²) >= 11 is 28.1. The van der Waals surface area contributed by atoms with Gasteiger partial charge >= 0.3 is 0 Å². The molecule has 0 spiro atoms. The zero-order chi connectivity index (χ0) is 18.3. The van der Waals surface area contributed by atoms with Crippen LogP contribution in [0.3, 0.4) is 0 Å². The number of methoxy groups -OCH3 is 2. The van der Waals surface area contributed by atoms with Crippen LogP contribution in [0.5, 0.6) is 11.5 Å². The Morgan fingerprint density at radius 2 is 1.92 bits per heavy atom. The first-order chi connectivity index (χ1) is 11.2. The first-order valence-corrected chi connectivity index (χ1v) is 8.50. The summed E-state index contributed by atoms with van der Waals surface area (Å²) in [5.41, 5.74) is 0.529. The quantitative estimate of drug-likeness (QED) is 0.363. The molecule has 0 radical (unpaired) electrons.